The van der Waals surface area contributed by atoms with Gasteiger partial charge in [0.1, 0.15) is 5.76 Å². The number of allylic oxidation sites excluding steroid dienone is 3. The van der Waals surface area contributed by atoms with E-state index >= 15 is 0 Å². The summed E-state index contributed by atoms with van der Waals surface area (Å²) in [5, 5.41) is 34.8. The van der Waals surface area contributed by atoms with E-state index in [-0.39, 0.29) is 27.9 Å². The van der Waals surface area contributed by atoms with E-state index in [9.17, 15) is 23.9 Å². The summed E-state index contributed by atoms with van der Waals surface area (Å²) in [5.74, 6) is -3.42. The summed E-state index contributed by atoms with van der Waals surface area (Å²) in [6, 6.07) is 3.71. The second-order valence-electron chi connectivity index (χ2n) is 10.2. The zero-order valence-corrected chi connectivity index (χ0v) is 20.5. The number of alkyl halides is 2. The largest absolute Gasteiger partial charge is 0.491 e. The van der Waals surface area contributed by atoms with E-state index in [1.165, 1.54) is 18.2 Å². The summed E-state index contributed by atoms with van der Waals surface area (Å²) in [4.78, 5) is 13.0. The van der Waals surface area contributed by atoms with Crippen LogP contribution < -0.4 is 15.4 Å². The zero-order chi connectivity index (χ0) is 26.1. The Morgan fingerprint density at radius 1 is 1.28 bits per heavy atom. The Labute approximate surface area is 208 Å². The van der Waals surface area contributed by atoms with Crippen LogP contribution >= 0.6 is 0 Å². The number of halogens is 2. The average molecular weight is 504 g/mol. The minimum absolute atomic E-state index is 0.153. The summed E-state index contributed by atoms with van der Waals surface area (Å²) >= 11 is 0. The number of rotatable bonds is 8. The van der Waals surface area contributed by atoms with Crippen molar-refractivity contribution in [3.63, 3.8) is 0 Å². The van der Waals surface area contributed by atoms with Crippen molar-refractivity contribution in [3.05, 3.63) is 65.0 Å². The van der Waals surface area contributed by atoms with Crippen molar-refractivity contribution in [2.45, 2.75) is 69.9 Å². The Hall–Kier alpha value is -3.27. The highest BCUT2D eigenvalue weighted by Gasteiger charge is 2.39. The molecule has 3 aliphatic rings. The van der Waals surface area contributed by atoms with Crippen LogP contribution in [0.25, 0.3) is 0 Å². The maximum absolute atomic E-state index is 13.8. The molecule has 8 nitrogen and oxygen atoms in total. The third-order valence-corrected chi connectivity index (χ3v) is 6.76. The molecule has 1 amide bonds. The molecule has 0 unspecified atom stereocenters. The molecule has 2 saturated carbocycles. The number of carbonyl (C=O) groups is 1. The third kappa shape index (κ3) is 6.29. The first-order chi connectivity index (χ1) is 16.9. The van der Waals surface area contributed by atoms with Gasteiger partial charge in [-0.25, -0.2) is 0 Å². The lowest BCUT2D eigenvalue weighted by atomic mass is 9.84. The number of aliphatic hydroxyl groups is 1. The molecule has 3 aliphatic carbocycles. The van der Waals surface area contributed by atoms with Gasteiger partial charge in [0, 0.05) is 47.7 Å². The van der Waals surface area contributed by atoms with Gasteiger partial charge in [-0.15, -0.1) is 0 Å². The number of nitrogens with one attached hydrogen (secondary N) is 3. The Balaban J connectivity index is 1.54. The van der Waals surface area contributed by atoms with E-state index in [2.05, 4.69) is 10.6 Å². The Bertz CT molecular complexity index is 1120. The number of pyridine rings is 1. The molecule has 194 valence electrons. The fourth-order valence-corrected chi connectivity index (χ4v) is 4.23. The SMILES string of the molecule is CC(F)(F)c1cccc(C(=O)NC2=C/C(=C/N[C@H]3CC[C@](C)(O)CC3)C(=N)C=C2OCC2CC2)[n+]1O. The molecule has 4 rings (SSSR count). The molecule has 36 heavy (non-hydrogen) atoms. The van der Waals surface area contributed by atoms with Crippen molar-refractivity contribution in [2.24, 2.45) is 5.92 Å². The molecule has 5 N–H and O–H groups in total. The predicted octanol–water partition coefficient (Wildman–Crippen LogP) is 3.45. The fraction of sp³-hybridized carbons (Fsp3) is 0.500. The molecule has 0 bridgehead atoms. The zero-order valence-electron chi connectivity index (χ0n) is 20.5. The van der Waals surface area contributed by atoms with E-state index in [4.69, 9.17) is 10.1 Å². The van der Waals surface area contributed by atoms with E-state index in [1.54, 1.807) is 12.3 Å². The van der Waals surface area contributed by atoms with E-state index in [1.807, 2.05) is 6.92 Å². The summed E-state index contributed by atoms with van der Waals surface area (Å²) in [6.45, 7) is 2.91. The smallest absolute Gasteiger partial charge is 0.332 e. The molecule has 10 heteroatoms. The van der Waals surface area contributed by atoms with Crippen LogP contribution in [0.5, 0.6) is 0 Å². The van der Waals surface area contributed by atoms with E-state index in [0.717, 1.165) is 31.7 Å². The molecule has 1 aromatic rings. The number of ether oxygens (including phenoxy) is 1. The van der Waals surface area contributed by atoms with Crippen molar-refractivity contribution in [1.29, 1.82) is 5.41 Å². The molecule has 0 atom stereocenters. The van der Waals surface area contributed by atoms with E-state index < -0.39 is 23.1 Å². The molecule has 0 radical (unpaired) electrons. The summed E-state index contributed by atoms with van der Waals surface area (Å²) in [5.41, 5.74) is -0.767. The van der Waals surface area contributed by atoms with Crippen molar-refractivity contribution >= 4 is 11.6 Å². The van der Waals surface area contributed by atoms with Crippen LogP contribution in [0, 0.1) is 11.3 Å². The van der Waals surface area contributed by atoms with E-state index in [0.29, 0.717) is 43.6 Å². The molecule has 1 heterocycles. The standard InChI is InChI=1S/C26H32F2N4O4/c1-25(34)10-8-18(9-11-25)30-14-17-12-20(22(13-19(17)29)36-15-16-6-7-16)31-24(33)21-4-3-5-23(32(21)35)26(2,27)28/h3-5,12-14,16,18,29,33-35H,6-11,15H2,1-2H3/p+1/t18-,25-. The minimum Gasteiger partial charge on any atom is -0.491 e. The van der Waals surface area contributed by atoms with Crippen molar-refractivity contribution < 1.29 is 33.4 Å². The maximum atomic E-state index is 13.8. The normalized spacial score (nSPS) is 25.8. The summed E-state index contributed by atoms with van der Waals surface area (Å²) in [6.07, 6.45) is 9.87. The summed E-state index contributed by atoms with van der Waals surface area (Å²) in [7, 11) is 0. The first-order valence-corrected chi connectivity index (χ1v) is 12.2. The Morgan fingerprint density at radius 2 is 1.97 bits per heavy atom. The second kappa shape index (κ2) is 10.0. The predicted molar refractivity (Wildman–Crippen MR) is 128 cm³/mol. The van der Waals surface area contributed by atoms with Gasteiger partial charge in [0.05, 0.1) is 23.6 Å². The van der Waals surface area contributed by atoms with Crippen molar-refractivity contribution in [1.82, 2.24) is 10.6 Å². The van der Waals surface area contributed by atoms with Crippen LogP contribution in [0.1, 0.15) is 68.6 Å². The van der Waals surface area contributed by atoms with Gasteiger partial charge >= 0.3 is 23.2 Å². The number of aromatic nitrogens is 1. The molecule has 2 fully saturated rings. The lowest BCUT2D eigenvalue weighted by Crippen LogP contribution is -2.47. The fourth-order valence-electron chi connectivity index (χ4n) is 4.23. The number of hydrogen-bond donors (Lipinski definition) is 5. The van der Waals surface area contributed by atoms with Crippen LogP contribution in [-0.2, 0) is 10.7 Å². The Morgan fingerprint density at radius 3 is 2.61 bits per heavy atom. The van der Waals surface area contributed by atoms with Crippen LogP contribution in [-0.4, -0.2) is 40.2 Å². The molecule has 1 aromatic heterocycles. The first-order valence-electron chi connectivity index (χ1n) is 12.2. The summed E-state index contributed by atoms with van der Waals surface area (Å²) < 4.78 is 33.7. The molecular formula is C26H33F2N4O4+. The molecular weight excluding hydrogens is 470 g/mol. The molecule has 0 spiro atoms. The van der Waals surface area contributed by atoms with Crippen LogP contribution in [0.15, 0.2) is 53.6 Å². The van der Waals surface area contributed by atoms with Gasteiger partial charge in [-0.3, -0.25) is 10.0 Å². The molecule has 0 aliphatic heterocycles. The Kier molecular flexibility index (Phi) is 7.17. The monoisotopic (exact) mass is 503 g/mol. The van der Waals surface area contributed by atoms with Gasteiger partial charge in [-0.2, -0.15) is 8.78 Å². The number of hydrogen-bond acceptors (Lipinski definition) is 6. The van der Waals surface area contributed by atoms with Gasteiger partial charge in [0.25, 0.3) is 0 Å². The second-order valence-corrected chi connectivity index (χ2v) is 10.2. The van der Waals surface area contributed by atoms with Crippen LogP contribution in [0.2, 0.25) is 0 Å². The average Bonchev–Trinajstić information content (AvgIpc) is 3.62. The third-order valence-electron chi connectivity index (χ3n) is 6.76. The highest BCUT2D eigenvalue weighted by molar-refractivity contribution is 6.10. The number of nitrogens with zero attached hydrogens (tertiary/aromatic N) is 1. The van der Waals surface area contributed by atoms with Gasteiger partial charge < -0.3 is 25.9 Å². The maximum Gasteiger partial charge on any atom is 0.332 e. The van der Waals surface area contributed by atoms with Crippen LogP contribution in [0.3, 0.4) is 0 Å². The highest BCUT2D eigenvalue weighted by Crippen LogP contribution is 2.31. The van der Waals surface area contributed by atoms with Crippen molar-refractivity contribution in [3.8, 4) is 0 Å². The van der Waals surface area contributed by atoms with Gasteiger partial charge in [0.15, 0.2) is 0 Å². The van der Waals surface area contributed by atoms with Crippen LogP contribution in [0.4, 0.5) is 8.78 Å². The quantitative estimate of drug-likeness (QED) is 0.275. The first kappa shape index (κ1) is 25.8. The lowest BCUT2D eigenvalue weighted by Gasteiger charge is -2.33. The lowest BCUT2D eigenvalue weighted by molar-refractivity contribution is -0.914. The number of amides is 1. The highest BCUT2D eigenvalue weighted by atomic mass is 19.3. The van der Waals surface area contributed by atoms with Gasteiger partial charge in [-0.05, 0) is 63.5 Å². The number of carbonyl (C=O) groups excluding carboxylic acids is 1. The van der Waals surface area contributed by atoms with Gasteiger partial charge in [0.2, 0.25) is 0 Å². The molecule has 0 saturated heterocycles. The topological polar surface area (TPSA) is 119 Å². The minimum atomic E-state index is -3.35. The molecule has 0 aromatic carbocycles. The van der Waals surface area contributed by atoms with Crippen molar-refractivity contribution in [2.75, 3.05) is 6.61 Å². The van der Waals surface area contributed by atoms with Gasteiger partial charge in [-0.1, -0.05) is 0 Å².